The number of rotatable bonds is 4. The fourth-order valence-electron chi connectivity index (χ4n) is 2.63. The van der Waals surface area contributed by atoms with E-state index in [0.29, 0.717) is 22.8 Å². The molecule has 3 N–H and O–H groups in total. The molecule has 4 aromatic rings. The van der Waals surface area contributed by atoms with Crippen LogP contribution in [0, 0.1) is 0 Å². The predicted octanol–water partition coefficient (Wildman–Crippen LogP) is 4.71. The Morgan fingerprint density at radius 2 is 1.74 bits per heavy atom. The van der Waals surface area contributed by atoms with Crippen LogP contribution in [0.3, 0.4) is 0 Å². The summed E-state index contributed by atoms with van der Waals surface area (Å²) in [6.07, 6.45) is 1.66. The number of carbonyl (C=O) groups excluding carboxylic acids is 1. The molecule has 0 saturated heterocycles. The Labute approximate surface area is 160 Å². The first kappa shape index (κ1) is 16.9. The lowest BCUT2D eigenvalue weighted by Crippen LogP contribution is -2.14. The van der Waals surface area contributed by atoms with Gasteiger partial charge in [0.25, 0.3) is 5.91 Å². The number of nitrogens with one attached hydrogen (secondary N) is 1. The molecule has 0 aliphatic rings. The SMILES string of the molecule is Nc1ccc(-c2cnc(NC(=O)c3ccccc3)c(-c3cccs3)n2)cc1. The molecule has 2 heterocycles. The van der Waals surface area contributed by atoms with Crippen LogP contribution in [0.2, 0.25) is 0 Å². The molecule has 6 heteroatoms. The van der Waals surface area contributed by atoms with Gasteiger partial charge in [-0.15, -0.1) is 11.3 Å². The van der Waals surface area contributed by atoms with Gasteiger partial charge in [-0.1, -0.05) is 36.4 Å². The first-order chi connectivity index (χ1) is 13.2. The number of aromatic nitrogens is 2. The second kappa shape index (κ2) is 7.39. The minimum Gasteiger partial charge on any atom is -0.399 e. The summed E-state index contributed by atoms with van der Waals surface area (Å²) in [6, 6.07) is 20.4. The number of carbonyl (C=O) groups is 1. The zero-order valence-corrected chi connectivity index (χ0v) is 15.1. The van der Waals surface area contributed by atoms with E-state index in [2.05, 4.69) is 10.3 Å². The summed E-state index contributed by atoms with van der Waals surface area (Å²) >= 11 is 1.55. The van der Waals surface area contributed by atoms with Crippen molar-refractivity contribution in [1.82, 2.24) is 9.97 Å². The van der Waals surface area contributed by atoms with Crippen molar-refractivity contribution in [2.24, 2.45) is 0 Å². The van der Waals surface area contributed by atoms with Gasteiger partial charge in [-0.05, 0) is 35.7 Å². The van der Waals surface area contributed by atoms with E-state index in [0.717, 1.165) is 16.1 Å². The highest BCUT2D eigenvalue weighted by Gasteiger charge is 2.15. The van der Waals surface area contributed by atoms with E-state index in [9.17, 15) is 4.79 Å². The maximum absolute atomic E-state index is 12.5. The van der Waals surface area contributed by atoms with Crippen LogP contribution in [-0.2, 0) is 0 Å². The Balaban J connectivity index is 1.73. The fourth-order valence-corrected chi connectivity index (χ4v) is 3.34. The Morgan fingerprint density at radius 1 is 0.963 bits per heavy atom. The monoisotopic (exact) mass is 372 g/mol. The summed E-state index contributed by atoms with van der Waals surface area (Å²) in [6.45, 7) is 0. The molecule has 0 atom stereocenters. The smallest absolute Gasteiger partial charge is 0.256 e. The quantitative estimate of drug-likeness (QED) is 0.509. The summed E-state index contributed by atoms with van der Waals surface area (Å²) in [5, 5.41) is 4.84. The van der Waals surface area contributed by atoms with Gasteiger partial charge >= 0.3 is 0 Å². The standard InChI is InChI=1S/C21H16N4OS/c22-16-10-8-14(9-11-16)17-13-23-20(19(24-17)18-7-4-12-27-18)25-21(26)15-5-2-1-3-6-15/h1-13H,22H2,(H,23,25,26). The Kier molecular flexibility index (Phi) is 4.63. The van der Waals surface area contributed by atoms with Gasteiger partial charge in [-0.2, -0.15) is 0 Å². The topological polar surface area (TPSA) is 80.9 Å². The maximum Gasteiger partial charge on any atom is 0.256 e. The van der Waals surface area contributed by atoms with Gasteiger partial charge in [0, 0.05) is 16.8 Å². The second-order valence-corrected chi connectivity index (χ2v) is 6.82. The number of thiophene rings is 1. The molecule has 27 heavy (non-hydrogen) atoms. The summed E-state index contributed by atoms with van der Waals surface area (Å²) in [4.78, 5) is 22.7. The summed E-state index contributed by atoms with van der Waals surface area (Å²) in [5.41, 5.74) is 9.30. The third kappa shape index (κ3) is 3.70. The average molecular weight is 372 g/mol. The van der Waals surface area contributed by atoms with Crippen LogP contribution in [0.15, 0.2) is 78.3 Å². The highest BCUT2D eigenvalue weighted by Crippen LogP contribution is 2.31. The normalized spacial score (nSPS) is 10.5. The lowest BCUT2D eigenvalue weighted by Gasteiger charge is -2.11. The van der Waals surface area contributed by atoms with Crippen molar-refractivity contribution in [1.29, 1.82) is 0 Å². The first-order valence-electron chi connectivity index (χ1n) is 8.34. The molecule has 0 aliphatic heterocycles. The molecule has 0 spiro atoms. The summed E-state index contributed by atoms with van der Waals surface area (Å²) < 4.78 is 0. The Hall–Kier alpha value is -3.51. The van der Waals surface area contributed by atoms with Crippen LogP contribution in [0.4, 0.5) is 11.5 Å². The first-order valence-corrected chi connectivity index (χ1v) is 9.22. The van der Waals surface area contributed by atoms with E-state index in [-0.39, 0.29) is 5.91 Å². The largest absolute Gasteiger partial charge is 0.399 e. The molecule has 4 rings (SSSR count). The maximum atomic E-state index is 12.5. The van der Waals surface area contributed by atoms with Crippen LogP contribution < -0.4 is 11.1 Å². The minimum atomic E-state index is -0.219. The lowest BCUT2D eigenvalue weighted by atomic mass is 10.1. The van der Waals surface area contributed by atoms with Gasteiger partial charge in [-0.25, -0.2) is 9.97 Å². The van der Waals surface area contributed by atoms with Crippen LogP contribution in [0.25, 0.3) is 21.8 Å². The number of benzene rings is 2. The van der Waals surface area contributed by atoms with Gasteiger partial charge in [0.05, 0.1) is 16.8 Å². The van der Waals surface area contributed by atoms with Crippen LogP contribution in [0.5, 0.6) is 0 Å². The van der Waals surface area contributed by atoms with Crippen molar-refractivity contribution in [3.05, 3.63) is 83.9 Å². The molecule has 0 fully saturated rings. The average Bonchev–Trinajstić information content (AvgIpc) is 3.24. The van der Waals surface area contributed by atoms with E-state index in [1.54, 1.807) is 29.7 Å². The van der Waals surface area contributed by atoms with Crippen LogP contribution in [-0.4, -0.2) is 15.9 Å². The van der Waals surface area contributed by atoms with Crippen LogP contribution >= 0.6 is 11.3 Å². The molecule has 2 aromatic carbocycles. The molecule has 1 amide bonds. The Bertz CT molecular complexity index is 1060. The van der Waals surface area contributed by atoms with E-state index in [4.69, 9.17) is 10.7 Å². The van der Waals surface area contributed by atoms with Crippen molar-refractivity contribution in [3.63, 3.8) is 0 Å². The molecule has 132 valence electrons. The summed E-state index contributed by atoms with van der Waals surface area (Å²) in [5.74, 6) is 0.216. The number of nitrogens with zero attached hydrogens (tertiary/aromatic N) is 2. The van der Waals surface area contributed by atoms with Crippen molar-refractivity contribution in [2.75, 3.05) is 11.1 Å². The number of amides is 1. The highest BCUT2D eigenvalue weighted by molar-refractivity contribution is 7.13. The Morgan fingerprint density at radius 3 is 2.44 bits per heavy atom. The lowest BCUT2D eigenvalue weighted by molar-refractivity contribution is 0.102. The molecule has 0 radical (unpaired) electrons. The fraction of sp³-hybridized carbons (Fsp3) is 0. The van der Waals surface area contributed by atoms with Crippen LogP contribution in [0.1, 0.15) is 10.4 Å². The molecule has 2 aromatic heterocycles. The molecule has 0 unspecified atom stereocenters. The number of nitrogens with two attached hydrogens (primary N) is 1. The molecule has 0 bridgehead atoms. The zero-order valence-electron chi connectivity index (χ0n) is 14.3. The van der Waals surface area contributed by atoms with Gasteiger partial charge in [0.1, 0.15) is 5.69 Å². The molecule has 0 aliphatic carbocycles. The summed E-state index contributed by atoms with van der Waals surface area (Å²) in [7, 11) is 0. The van der Waals surface area contributed by atoms with Gasteiger partial charge in [0.2, 0.25) is 0 Å². The predicted molar refractivity (Wildman–Crippen MR) is 110 cm³/mol. The third-order valence-corrected chi connectivity index (χ3v) is 4.88. The molecule has 0 saturated carbocycles. The molecule has 5 nitrogen and oxygen atoms in total. The van der Waals surface area contributed by atoms with Gasteiger partial charge in [-0.3, -0.25) is 4.79 Å². The van der Waals surface area contributed by atoms with E-state index < -0.39 is 0 Å². The van der Waals surface area contributed by atoms with Crippen molar-refractivity contribution in [2.45, 2.75) is 0 Å². The number of hydrogen-bond acceptors (Lipinski definition) is 5. The van der Waals surface area contributed by atoms with Gasteiger partial charge < -0.3 is 11.1 Å². The highest BCUT2D eigenvalue weighted by atomic mass is 32.1. The zero-order chi connectivity index (χ0) is 18.6. The molecular weight excluding hydrogens is 356 g/mol. The number of hydrogen-bond donors (Lipinski definition) is 2. The molecular formula is C21H16N4OS. The van der Waals surface area contributed by atoms with E-state index in [1.807, 2.05) is 60.0 Å². The minimum absolute atomic E-state index is 0.219. The number of nitrogen functional groups attached to an aromatic ring is 1. The second-order valence-electron chi connectivity index (χ2n) is 5.87. The van der Waals surface area contributed by atoms with E-state index in [1.165, 1.54) is 0 Å². The van der Waals surface area contributed by atoms with Crippen molar-refractivity contribution >= 4 is 28.7 Å². The van der Waals surface area contributed by atoms with Crippen molar-refractivity contribution in [3.8, 4) is 21.8 Å². The van der Waals surface area contributed by atoms with E-state index >= 15 is 0 Å². The van der Waals surface area contributed by atoms with Gasteiger partial charge in [0.15, 0.2) is 5.82 Å². The van der Waals surface area contributed by atoms with Crippen molar-refractivity contribution < 1.29 is 4.79 Å². The number of anilines is 2. The third-order valence-electron chi connectivity index (χ3n) is 4.00.